The predicted molar refractivity (Wildman–Crippen MR) is 36.7 cm³/mol. The monoisotopic (exact) mass is 126 g/mol. The largest absolute Gasteiger partial charge is 0.405 e. The van der Waals surface area contributed by atoms with Crippen molar-refractivity contribution in [2.75, 3.05) is 0 Å². The molecular formula is C5H10N4. The highest BCUT2D eigenvalue weighted by Crippen LogP contribution is 1.95. The smallest absolute Gasteiger partial charge is 0.0839 e. The van der Waals surface area contributed by atoms with Crippen LogP contribution in [0.2, 0.25) is 0 Å². The Morgan fingerprint density at radius 2 is 2.44 bits per heavy atom. The quantitative estimate of drug-likeness (QED) is 0.410. The lowest BCUT2D eigenvalue weighted by atomic mass is 10.2. The SMILES string of the molecule is N/C=C\C1NN=CC1N. The van der Waals surface area contributed by atoms with Gasteiger partial charge in [-0.1, -0.05) is 0 Å². The fraction of sp³-hybridized carbons (Fsp3) is 0.400. The van der Waals surface area contributed by atoms with Crippen LogP contribution < -0.4 is 16.9 Å². The van der Waals surface area contributed by atoms with Crippen molar-refractivity contribution < 1.29 is 0 Å². The topological polar surface area (TPSA) is 76.4 Å². The van der Waals surface area contributed by atoms with Gasteiger partial charge in [-0.25, -0.2) is 0 Å². The molecule has 0 aromatic rings. The van der Waals surface area contributed by atoms with Crippen LogP contribution in [0.5, 0.6) is 0 Å². The molecule has 0 aliphatic carbocycles. The van der Waals surface area contributed by atoms with Crippen molar-refractivity contribution in [3.05, 3.63) is 12.3 Å². The van der Waals surface area contributed by atoms with Gasteiger partial charge in [0.15, 0.2) is 0 Å². The van der Waals surface area contributed by atoms with Crippen LogP contribution in [-0.2, 0) is 0 Å². The maximum Gasteiger partial charge on any atom is 0.0839 e. The van der Waals surface area contributed by atoms with Crippen molar-refractivity contribution >= 4 is 6.21 Å². The average molecular weight is 126 g/mol. The number of hydrogen-bond acceptors (Lipinski definition) is 4. The summed E-state index contributed by atoms with van der Waals surface area (Å²) >= 11 is 0. The minimum atomic E-state index is -0.0372. The van der Waals surface area contributed by atoms with Gasteiger partial charge in [-0.3, -0.25) is 0 Å². The van der Waals surface area contributed by atoms with E-state index in [0.29, 0.717) is 0 Å². The molecule has 5 N–H and O–H groups in total. The van der Waals surface area contributed by atoms with Crippen LogP contribution in [-0.4, -0.2) is 18.3 Å². The summed E-state index contributed by atoms with van der Waals surface area (Å²) in [6.07, 6.45) is 4.90. The van der Waals surface area contributed by atoms with Crippen molar-refractivity contribution in [3.63, 3.8) is 0 Å². The summed E-state index contributed by atoms with van der Waals surface area (Å²) in [6, 6.07) is 0.0415. The minimum absolute atomic E-state index is 0.0372. The average Bonchev–Trinajstić information content (AvgIpc) is 2.18. The van der Waals surface area contributed by atoms with Gasteiger partial charge >= 0.3 is 0 Å². The second kappa shape index (κ2) is 2.50. The molecule has 0 saturated carbocycles. The lowest BCUT2D eigenvalue weighted by Gasteiger charge is -2.07. The van der Waals surface area contributed by atoms with E-state index >= 15 is 0 Å². The number of hydrazone groups is 1. The first-order valence-electron chi connectivity index (χ1n) is 2.77. The van der Waals surface area contributed by atoms with Gasteiger partial charge in [0.05, 0.1) is 12.1 Å². The zero-order valence-electron chi connectivity index (χ0n) is 4.99. The summed E-state index contributed by atoms with van der Waals surface area (Å²) in [6.45, 7) is 0. The summed E-state index contributed by atoms with van der Waals surface area (Å²) in [5, 5.41) is 3.76. The van der Waals surface area contributed by atoms with Crippen molar-refractivity contribution in [3.8, 4) is 0 Å². The van der Waals surface area contributed by atoms with Gasteiger partial charge in [0.2, 0.25) is 0 Å². The molecule has 0 aromatic heterocycles. The highest BCUT2D eigenvalue weighted by Gasteiger charge is 2.15. The third-order valence-corrected chi connectivity index (χ3v) is 1.20. The molecule has 50 valence electrons. The van der Waals surface area contributed by atoms with Crippen LogP contribution in [0.4, 0.5) is 0 Å². The Bertz CT molecular complexity index is 140. The van der Waals surface area contributed by atoms with Crippen LogP contribution in [0, 0.1) is 0 Å². The van der Waals surface area contributed by atoms with Gasteiger partial charge in [-0.15, -0.1) is 0 Å². The third kappa shape index (κ3) is 1.20. The van der Waals surface area contributed by atoms with Gasteiger partial charge in [-0.2, -0.15) is 5.10 Å². The molecule has 1 aliphatic rings. The Hall–Kier alpha value is -1.03. The Morgan fingerprint density at radius 1 is 1.67 bits per heavy atom. The van der Waals surface area contributed by atoms with E-state index in [1.54, 1.807) is 12.3 Å². The standard InChI is InChI=1S/C5H10N4/c6-2-1-5-4(7)3-8-9-5/h1-5,9H,6-7H2/b2-1-. The summed E-state index contributed by atoms with van der Waals surface area (Å²) in [7, 11) is 0. The van der Waals surface area contributed by atoms with Gasteiger partial charge in [0.25, 0.3) is 0 Å². The number of hydrogen-bond donors (Lipinski definition) is 3. The molecule has 0 bridgehead atoms. The normalized spacial score (nSPS) is 33.4. The molecule has 0 saturated heterocycles. The van der Waals surface area contributed by atoms with Crippen LogP contribution in [0.25, 0.3) is 0 Å². The lowest BCUT2D eigenvalue weighted by molar-refractivity contribution is 0.636. The number of nitrogens with two attached hydrogens (primary N) is 2. The molecule has 0 amide bonds. The van der Waals surface area contributed by atoms with E-state index in [1.165, 1.54) is 6.20 Å². The maximum absolute atomic E-state index is 5.55. The summed E-state index contributed by atoms with van der Waals surface area (Å²) in [5.41, 5.74) is 13.5. The summed E-state index contributed by atoms with van der Waals surface area (Å²) < 4.78 is 0. The van der Waals surface area contributed by atoms with Gasteiger partial charge in [-0.05, 0) is 12.3 Å². The van der Waals surface area contributed by atoms with Crippen molar-refractivity contribution in [1.29, 1.82) is 0 Å². The van der Waals surface area contributed by atoms with Crippen molar-refractivity contribution in [2.24, 2.45) is 16.6 Å². The molecule has 0 spiro atoms. The Morgan fingerprint density at radius 3 is 2.89 bits per heavy atom. The molecular weight excluding hydrogens is 116 g/mol. The fourth-order valence-corrected chi connectivity index (χ4v) is 0.685. The molecule has 0 aromatic carbocycles. The van der Waals surface area contributed by atoms with E-state index < -0.39 is 0 Å². The molecule has 0 radical (unpaired) electrons. The summed E-state index contributed by atoms with van der Waals surface area (Å²) in [4.78, 5) is 0. The zero-order valence-corrected chi connectivity index (χ0v) is 4.99. The first-order chi connectivity index (χ1) is 4.34. The van der Waals surface area contributed by atoms with E-state index in [1.807, 2.05) is 0 Å². The second-order valence-corrected chi connectivity index (χ2v) is 1.90. The van der Waals surface area contributed by atoms with E-state index in [-0.39, 0.29) is 12.1 Å². The zero-order chi connectivity index (χ0) is 6.69. The molecule has 1 aliphatic heterocycles. The number of nitrogens with zero attached hydrogens (tertiary/aromatic N) is 1. The highest BCUT2D eigenvalue weighted by molar-refractivity contribution is 5.67. The van der Waals surface area contributed by atoms with Gasteiger partial charge < -0.3 is 16.9 Å². The molecule has 1 rings (SSSR count). The van der Waals surface area contributed by atoms with Crippen molar-refractivity contribution in [2.45, 2.75) is 12.1 Å². The van der Waals surface area contributed by atoms with Gasteiger partial charge in [0, 0.05) is 6.21 Å². The van der Waals surface area contributed by atoms with E-state index in [0.717, 1.165) is 0 Å². The fourth-order valence-electron chi connectivity index (χ4n) is 0.685. The molecule has 0 fully saturated rings. The van der Waals surface area contributed by atoms with Crippen LogP contribution >= 0.6 is 0 Å². The molecule has 4 heteroatoms. The molecule has 4 nitrogen and oxygen atoms in total. The molecule has 1 heterocycles. The maximum atomic E-state index is 5.55. The lowest BCUT2D eigenvalue weighted by Crippen LogP contribution is -2.36. The van der Waals surface area contributed by atoms with E-state index in [2.05, 4.69) is 10.5 Å². The first-order valence-corrected chi connectivity index (χ1v) is 2.77. The predicted octanol–water partition coefficient (Wildman–Crippen LogP) is -1.26. The number of nitrogens with one attached hydrogen (secondary N) is 1. The highest BCUT2D eigenvalue weighted by atomic mass is 15.3. The van der Waals surface area contributed by atoms with Crippen molar-refractivity contribution in [1.82, 2.24) is 5.43 Å². The Labute approximate surface area is 53.6 Å². The minimum Gasteiger partial charge on any atom is -0.405 e. The van der Waals surface area contributed by atoms with Crippen LogP contribution in [0.1, 0.15) is 0 Å². The third-order valence-electron chi connectivity index (χ3n) is 1.20. The first kappa shape index (κ1) is 6.10. The number of rotatable bonds is 1. The Kier molecular flexibility index (Phi) is 1.69. The van der Waals surface area contributed by atoms with Gasteiger partial charge in [0.1, 0.15) is 0 Å². The second-order valence-electron chi connectivity index (χ2n) is 1.90. The molecule has 2 atom stereocenters. The van der Waals surface area contributed by atoms with Crippen LogP contribution in [0.15, 0.2) is 17.4 Å². The van der Waals surface area contributed by atoms with Crippen LogP contribution in [0.3, 0.4) is 0 Å². The Balaban J connectivity index is 2.45. The summed E-state index contributed by atoms with van der Waals surface area (Å²) in [5.74, 6) is 0. The molecule has 9 heavy (non-hydrogen) atoms. The molecule has 2 unspecified atom stereocenters. The van der Waals surface area contributed by atoms with E-state index in [9.17, 15) is 0 Å². The van der Waals surface area contributed by atoms with E-state index in [4.69, 9.17) is 11.5 Å².